The number of carboxylic acids is 1. The first kappa shape index (κ1) is 13.9. The standard InChI is InChI=1S/C14H16N2O4/c1-8(2)13-11(7-12(18)19)14(20)16(15-13)9-4-3-5-10(17)6-9/h3-6,8,15,17H,7H2,1-2H3,(H,18,19). The van der Waals surface area contributed by atoms with Crippen LogP contribution in [0.5, 0.6) is 5.75 Å². The molecule has 1 aromatic heterocycles. The number of H-pyrrole nitrogens is 1. The van der Waals surface area contributed by atoms with Gasteiger partial charge in [-0.2, -0.15) is 0 Å². The number of phenols is 1. The van der Waals surface area contributed by atoms with Crippen molar-refractivity contribution >= 4 is 5.97 Å². The summed E-state index contributed by atoms with van der Waals surface area (Å²) in [6.45, 7) is 3.76. The van der Waals surface area contributed by atoms with E-state index in [-0.39, 0.29) is 23.7 Å². The minimum atomic E-state index is -1.05. The van der Waals surface area contributed by atoms with E-state index in [0.29, 0.717) is 11.4 Å². The van der Waals surface area contributed by atoms with Crippen molar-refractivity contribution in [3.05, 3.63) is 45.9 Å². The second-order valence-electron chi connectivity index (χ2n) is 4.89. The number of rotatable bonds is 4. The number of carboxylic acid groups (broad SMARTS) is 1. The van der Waals surface area contributed by atoms with Crippen LogP contribution in [0, 0.1) is 0 Å². The van der Waals surface area contributed by atoms with Gasteiger partial charge in [0.15, 0.2) is 0 Å². The van der Waals surface area contributed by atoms with Crippen LogP contribution in [0.1, 0.15) is 31.0 Å². The molecule has 6 nitrogen and oxygen atoms in total. The Balaban J connectivity index is 2.61. The van der Waals surface area contributed by atoms with E-state index in [2.05, 4.69) is 5.10 Å². The van der Waals surface area contributed by atoms with E-state index >= 15 is 0 Å². The van der Waals surface area contributed by atoms with Gasteiger partial charge in [-0.25, -0.2) is 4.68 Å². The summed E-state index contributed by atoms with van der Waals surface area (Å²) in [5.41, 5.74) is 0.909. The van der Waals surface area contributed by atoms with Crippen LogP contribution in [0.25, 0.3) is 5.69 Å². The van der Waals surface area contributed by atoms with Crippen LogP contribution in [-0.2, 0) is 11.2 Å². The number of carbonyl (C=O) groups is 1. The molecule has 6 heteroatoms. The zero-order valence-electron chi connectivity index (χ0n) is 11.3. The second-order valence-corrected chi connectivity index (χ2v) is 4.89. The van der Waals surface area contributed by atoms with Gasteiger partial charge in [-0.05, 0) is 18.1 Å². The van der Waals surface area contributed by atoms with Crippen molar-refractivity contribution in [2.75, 3.05) is 0 Å². The molecule has 0 spiro atoms. The largest absolute Gasteiger partial charge is 0.508 e. The molecular weight excluding hydrogens is 260 g/mol. The highest BCUT2D eigenvalue weighted by molar-refractivity contribution is 5.70. The van der Waals surface area contributed by atoms with Crippen LogP contribution in [0.15, 0.2) is 29.1 Å². The van der Waals surface area contributed by atoms with E-state index in [1.807, 2.05) is 13.8 Å². The Hall–Kier alpha value is -2.50. The van der Waals surface area contributed by atoms with Gasteiger partial charge in [0.25, 0.3) is 5.56 Å². The average molecular weight is 276 g/mol. The third kappa shape index (κ3) is 2.59. The van der Waals surface area contributed by atoms with Crippen LogP contribution in [0.2, 0.25) is 0 Å². The highest BCUT2D eigenvalue weighted by Gasteiger charge is 2.19. The molecule has 0 fully saturated rings. The summed E-state index contributed by atoms with van der Waals surface area (Å²) in [7, 11) is 0. The topological polar surface area (TPSA) is 95.3 Å². The number of hydrogen-bond donors (Lipinski definition) is 3. The number of aromatic nitrogens is 2. The van der Waals surface area contributed by atoms with Crippen molar-refractivity contribution in [3.63, 3.8) is 0 Å². The fourth-order valence-corrected chi connectivity index (χ4v) is 2.10. The van der Waals surface area contributed by atoms with Crippen molar-refractivity contribution in [1.82, 2.24) is 9.78 Å². The number of nitrogens with one attached hydrogen (secondary N) is 1. The molecule has 0 saturated heterocycles. The molecule has 2 aromatic rings. The Morgan fingerprint density at radius 3 is 2.65 bits per heavy atom. The Morgan fingerprint density at radius 1 is 1.40 bits per heavy atom. The lowest BCUT2D eigenvalue weighted by Gasteiger charge is -2.04. The number of hydrogen-bond acceptors (Lipinski definition) is 3. The van der Waals surface area contributed by atoms with Gasteiger partial charge in [-0.1, -0.05) is 19.9 Å². The van der Waals surface area contributed by atoms with E-state index in [1.165, 1.54) is 16.8 Å². The van der Waals surface area contributed by atoms with Crippen molar-refractivity contribution in [3.8, 4) is 11.4 Å². The first-order valence-corrected chi connectivity index (χ1v) is 6.25. The molecule has 2 rings (SSSR count). The lowest BCUT2D eigenvalue weighted by atomic mass is 10.0. The zero-order valence-corrected chi connectivity index (χ0v) is 11.3. The van der Waals surface area contributed by atoms with Crippen LogP contribution >= 0.6 is 0 Å². The number of phenolic OH excluding ortho intramolecular Hbond substituents is 1. The predicted octanol–water partition coefficient (Wildman–Crippen LogP) is 1.62. The van der Waals surface area contributed by atoms with Gasteiger partial charge < -0.3 is 10.2 Å². The summed E-state index contributed by atoms with van der Waals surface area (Å²) in [6.07, 6.45) is -0.325. The maximum Gasteiger partial charge on any atom is 0.308 e. The van der Waals surface area contributed by atoms with E-state index in [1.54, 1.807) is 12.1 Å². The van der Waals surface area contributed by atoms with Crippen LogP contribution < -0.4 is 5.56 Å². The third-order valence-corrected chi connectivity index (χ3v) is 3.01. The van der Waals surface area contributed by atoms with Gasteiger partial charge in [0, 0.05) is 11.8 Å². The second kappa shape index (κ2) is 5.24. The number of benzene rings is 1. The van der Waals surface area contributed by atoms with Gasteiger partial charge in [0.2, 0.25) is 0 Å². The molecule has 0 saturated carbocycles. The van der Waals surface area contributed by atoms with Crippen LogP contribution in [0.3, 0.4) is 0 Å². The molecule has 0 aliphatic rings. The summed E-state index contributed by atoms with van der Waals surface area (Å²) >= 11 is 0. The Morgan fingerprint density at radius 2 is 2.10 bits per heavy atom. The maximum atomic E-state index is 12.3. The molecule has 0 aliphatic carbocycles. The van der Waals surface area contributed by atoms with Gasteiger partial charge in [0.1, 0.15) is 5.75 Å². The summed E-state index contributed by atoms with van der Waals surface area (Å²) < 4.78 is 1.26. The Bertz CT molecular complexity index is 697. The minimum absolute atomic E-state index is 0.00407. The van der Waals surface area contributed by atoms with Gasteiger partial charge in [-0.15, -0.1) is 0 Å². The summed E-state index contributed by atoms with van der Waals surface area (Å²) in [6, 6.07) is 6.21. The van der Waals surface area contributed by atoms with E-state index < -0.39 is 11.5 Å². The van der Waals surface area contributed by atoms with Gasteiger partial charge in [0.05, 0.1) is 17.7 Å². The molecule has 106 valence electrons. The monoisotopic (exact) mass is 276 g/mol. The Kier molecular flexibility index (Phi) is 3.65. The molecule has 1 aromatic carbocycles. The molecule has 3 N–H and O–H groups in total. The fourth-order valence-electron chi connectivity index (χ4n) is 2.10. The van der Waals surface area contributed by atoms with Crippen molar-refractivity contribution < 1.29 is 15.0 Å². The highest BCUT2D eigenvalue weighted by atomic mass is 16.4. The maximum absolute atomic E-state index is 12.3. The SMILES string of the molecule is CC(C)c1[nH]n(-c2cccc(O)c2)c(=O)c1CC(=O)O. The average Bonchev–Trinajstić information content (AvgIpc) is 2.67. The van der Waals surface area contributed by atoms with E-state index in [4.69, 9.17) is 5.11 Å². The minimum Gasteiger partial charge on any atom is -0.508 e. The van der Waals surface area contributed by atoms with E-state index in [9.17, 15) is 14.7 Å². The summed E-state index contributed by atoms with van der Waals surface area (Å²) in [5.74, 6) is -1.02. The van der Waals surface area contributed by atoms with E-state index in [0.717, 1.165) is 0 Å². The van der Waals surface area contributed by atoms with Crippen LogP contribution in [-0.4, -0.2) is 26.0 Å². The lowest BCUT2D eigenvalue weighted by molar-refractivity contribution is -0.136. The number of nitrogens with zero attached hydrogens (tertiary/aromatic N) is 1. The number of aliphatic carboxylic acids is 1. The summed E-state index contributed by atoms with van der Waals surface area (Å²) in [4.78, 5) is 23.2. The first-order chi connectivity index (χ1) is 9.40. The molecule has 0 amide bonds. The molecule has 0 radical (unpaired) electrons. The van der Waals surface area contributed by atoms with Crippen molar-refractivity contribution in [1.29, 1.82) is 0 Å². The first-order valence-electron chi connectivity index (χ1n) is 6.25. The molecule has 0 bridgehead atoms. The number of aromatic hydroxyl groups is 1. The normalized spacial score (nSPS) is 10.9. The predicted molar refractivity (Wildman–Crippen MR) is 73.5 cm³/mol. The quantitative estimate of drug-likeness (QED) is 0.790. The molecule has 0 unspecified atom stereocenters. The lowest BCUT2D eigenvalue weighted by Crippen LogP contribution is -2.19. The highest BCUT2D eigenvalue weighted by Crippen LogP contribution is 2.18. The van der Waals surface area contributed by atoms with Crippen molar-refractivity contribution in [2.45, 2.75) is 26.2 Å². The fraction of sp³-hybridized carbons (Fsp3) is 0.286. The molecule has 20 heavy (non-hydrogen) atoms. The molecular formula is C14H16N2O4. The zero-order chi connectivity index (χ0) is 14.9. The molecule has 0 atom stereocenters. The number of aromatic amines is 1. The summed E-state index contributed by atoms with van der Waals surface area (Å²) in [5, 5.41) is 21.3. The molecule has 1 heterocycles. The van der Waals surface area contributed by atoms with Crippen LogP contribution in [0.4, 0.5) is 0 Å². The van der Waals surface area contributed by atoms with Crippen molar-refractivity contribution in [2.24, 2.45) is 0 Å². The van der Waals surface area contributed by atoms with Gasteiger partial charge in [-0.3, -0.25) is 14.7 Å². The molecule has 0 aliphatic heterocycles. The third-order valence-electron chi connectivity index (χ3n) is 3.01. The van der Waals surface area contributed by atoms with Gasteiger partial charge >= 0.3 is 5.97 Å². The smallest absolute Gasteiger partial charge is 0.308 e. The Labute approximate surface area is 115 Å².